The highest BCUT2D eigenvalue weighted by Gasteiger charge is 2.36. The second kappa shape index (κ2) is 5.98. The molecule has 7 heteroatoms. The minimum atomic E-state index is -3.43. The van der Waals surface area contributed by atoms with E-state index < -0.39 is 16.1 Å². The number of carbonyl (C=O) groups excluding carboxylic acids is 1. The molecule has 2 atom stereocenters. The Bertz CT molecular complexity index is 790. The molecule has 1 aromatic heterocycles. The van der Waals surface area contributed by atoms with Crippen molar-refractivity contribution in [1.82, 2.24) is 10.0 Å². The maximum atomic E-state index is 12.3. The number of para-hydroxylation sites is 1. The summed E-state index contributed by atoms with van der Waals surface area (Å²) >= 11 is 0. The smallest absolute Gasteiger partial charge is 0.238 e. The van der Waals surface area contributed by atoms with Crippen molar-refractivity contribution in [3.8, 4) is 0 Å². The summed E-state index contributed by atoms with van der Waals surface area (Å²) in [6.07, 6.45) is 3.08. The van der Waals surface area contributed by atoms with Crippen molar-refractivity contribution < 1.29 is 17.6 Å². The highest BCUT2D eigenvalue weighted by atomic mass is 32.2. The first kappa shape index (κ1) is 16.0. The summed E-state index contributed by atoms with van der Waals surface area (Å²) in [4.78, 5) is 12.3. The monoisotopic (exact) mass is 336 g/mol. The molecule has 0 aliphatic heterocycles. The lowest BCUT2D eigenvalue weighted by atomic mass is 10.1. The average molecular weight is 336 g/mol. The number of sulfonamides is 1. The molecule has 1 saturated carbocycles. The van der Waals surface area contributed by atoms with Gasteiger partial charge >= 0.3 is 0 Å². The zero-order valence-electron chi connectivity index (χ0n) is 13.1. The van der Waals surface area contributed by atoms with E-state index in [-0.39, 0.29) is 11.9 Å². The topological polar surface area (TPSA) is 88.4 Å². The number of rotatable bonds is 6. The van der Waals surface area contributed by atoms with Gasteiger partial charge in [-0.3, -0.25) is 4.79 Å². The Labute approximate surface area is 135 Å². The second-order valence-electron chi connectivity index (χ2n) is 6.12. The summed E-state index contributed by atoms with van der Waals surface area (Å²) in [6, 6.07) is 8.57. The molecule has 2 N–H and O–H groups in total. The molecule has 1 fully saturated rings. The molecule has 0 spiro atoms. The maximum Gasteiger partial charge on any atom is 0.238 e. The Morgan fingerprint density at radius 1 is 1.30 bits per heavy atom. The second-order valence-corrected chi connectivity index (χ2v) is 7.90. The molecule has 0 unspecified atom stereocenters. The van der Waals surface area contributed by atoms with Gasteiger partial charge in [-0.1, -0.05) is 18.2 Å². The van der Waals surface area contributed by atoms with E-state index in [4.69, 9.17) is 4.42 Å². The van der Waals surface area contributed by atoms with Crippen LogP contribution in [0.5, 0.6) is 0 Å². The molecule has 6 nitrogen and oxygen atoms in total. The summed E-state index contributed by atoms with van der Waals surface area (Å²) in [5.74, 6) is 0.700. The normalized spacial score (nSPS) is 17.8. The average Bonchev–Trinajstić information content (AvgIpc) is 3.20. The molecular weight excluding hydrogens is 316 g/mol. The van der Waals surface area contributed by atoms with Gasteiger partial charge in [-0.15, -0.1) is 0 Å². The number of nitrogens with one attached hydrogen (secondary N) is 2. The minimum absolute atomic E-state index is 0.223. The Morgan fingerprint density at radius 2 is 2.00 bits per heavy atom. The number of furan rings is 1. The first-order valence-corrected chi connectivity index (χ1v) is 9.49. The van der Waals surface area contributed by atoms with E-state index in [1.54, 1.807) is 0 Å². The molecule has 1 aliphatic rings. The lowest BCUT2D eigenvalue weighted by Gasteiger charge is -2.19. The molecular formula is C16H20N2O4S. The van der Waals surface area contributed by atoms with Crippen LogP contribution in [0.15, 0.2) is 34.7 Å². The quantitative estimate of drug-likeness (QED) is 0.844. The van der Waals surface area contributed by atoms with E-state index in [2.05, 4.69) is 10.0 Å². The number of carbonyl (C=O) groups is 1. The highest BCUT2D eigenvalue weighted by molar-refractivity contribution is 7.88. The van der Waals surface area contributed by atoms with Gasteiger partial charge in [0.1, 0.15) is 11.3 Å². The van der Waals surface area contributed by atoms with Crippen LogP contribution in [-0.2, 0) is 14.8 Å². The Kier molecular flexibility index (Phi) is 4.16. The summed E-state index contributed by atoms with van der Waals surface area (Å²) < 4.78 is 30.7. The lowest BCUT2D eigenvalue weighted by molar-refractivity contribution is -0.123. The molecule has 0 saturated heterocycles. The van der Waals surface area contributed by atoms with Crippen molar-refractivity contribution in [2.45, 2.75) is 31.8 Å². The van der Waals surface area contributed by atoms with E-state index in [0.29, 0.717) is 11.7 Å². The van der Waals surface area contributed by atoms with Crippen LogP contribution < -0.4 is 10.0 Å². The molecule has 0 radical (unpaired) electrons. The van der Waals surface area contributed by atoms with Gasteiger partial charge < -0.3 is 9.73 Å². The van der Waals surface area contributed by atoms with E-state index >= 15 is 0 Å². The first-order chi connectivity index (χ1) is 10.8. The van der Waals surface area contributed by atoms with Crippen LogP contribution >= 0.6 is 0 Å². The van der Waals surface area contributed by atoms with Crippen molar-refractivity contribution in [1.29, 1.82) is 0 Å². The fraction of sp³-hybridized carbons (Fsp3) is 0.438. The van der Waals surface area contributed by atoms with Crippen LogP contribution in [-0.4, -0.2) is 26.6 Å². The number of benzene rings is 1. The zero-order chi connectivity index (χ0) is 16.6. The standard InChI is InChI=1S/C16H20N2O4S/c1-10(18-23(2,20)21)16(19)17-15(11-7-8-11)14-9-12-5-3-4-6-13(12)22-14/h3-6,9-11,15,18H,7-8H2,1-2H3,(H,17,19)/t10-,15-/m0/s1. The highest BCUT2D eigenvalue weighted by Crippen LogP contribution is 2.42. The van der Waals surface area contributed by atoms with Gasteiger partial charge in [-0.25, -0.2) is 13.1 Å². The van der Waals surface area contributed by atoms with Crippen LogP contribution in [0.25, 0.3) is 11.0 Å². The summed E-state index contributed by atoms with van der Waals surface area (Å²) in [6.45, 7) is 1.53. The predicted octanol–water partition coefficient (Wildman–Crippen LogP) is 1.94. The number of hydrogen-bond acceptors (Lipinski definition) is 4. The van der Waals surface area contributed by atoms with Crippen molar-refractivity contribution in [3.05, 3.63) is 36.1 Å². The molecule has 2 aromatic rings. The molecule has 23 heavy (non-hydrogen) atoms. The fourth-order valence-electron chi connectivity index (χ4n) is 2.66. The van der Waals surface area contributed by atoms with Gasteiger partial charge in [0.25, 0.3) is 0 Å². The molecule has 1 amide bonds. The van der Waals surface area contributed by atoms with Crippen molar-refractivity contribution in [2.24, 2.45) is 5.92 Å². The summed E-state index contributed by atoms with van der Waals surface area (Å²) in [5, 5.41) is 3.91. The van der Waals surface area contributed by atoms with Crippen molar-refractivity contribution in [2.75, 3.05) is 6.26 Å². The SMILES string of the molecule is C[C@H](NS(C)(=O)=O)C(=O)N[C@H](c1cc2ccccc2o1)C1CC1. The minimum Gasteiger partial charge on any atom is -0.459 e. The molecule has 124 valence electrons. The summed E-state index contributed by atoms with van der Waals surface area (Å²) in [5.41, 5.74) is 0.782. The third-order valence-corrected chi connectivity index (χ3v) is 4.71. The van der Waals surface area contributed by atoms with Gasteiger partial charge in [0, 0.05) is 5.39 Å². The van der Waals surface area contributed by atoms with Crippen LogP contribution in [0.1, 0.15) is 31.6 Å². The van der Waals surface area contributed by atoms with Crippen LogP contribution in [0.4, 0.5) is 0 Å². The summed E-state index contributed by atoms with van der Waals surface area (Å²) in [7, 11) is -3.43. The number of amides is 1. The lowest BCUT2D eigenvalue weighted by Crippen LogP contribution is -2.45. The van der Waals surface area contributed by atoms with Crippen molar-refractivity contribution in [3.63, 3.8) is 0 Å². The molecule has 1 heterocycles. The first-order valence-electron chi connectivity index (χ1n) is 7.59. The van der Waals surface area contributed by atoms with E-state index in [9.17, 15) is 13.2 Å². The number of fused-ring (bicyclic) bond motifs is 1. The van der Waals surface area contributed by atoms with Crippen LogP contribution in [0, 0.1) is 5.92 Å². The number of hydrogen-bond donors (Lipinski definition) is 2. The Hall–Kier alpha value is -1.86. The fourth-order valence-corrected chi connectivity index (χ4v) is 3.41. The van der Waals surface area contributed by atoms with Crippen LogP contribution in [0.2, 0.25) is 0 Å². The van der Waals surface area contributed by atoms with Crippen LogP contribution in [0.3, 0.4) is 0 Å². The van der Waals surface area contributed by atoms with Gasteiger partial charge in [0.2, 0.25) is 15.9 Å². The molecule has 1 aliphatic carbocycles. The Morgan fingerprint density at radius 3 is 2.61 bits per heavy atom. The zero-order valence-corrected chi connectivity index (χ0v) is 13.9. The van der Waals surface area contributed by atoms with Gasteiger partial charge in [-0.2, -0.15) is 0 Å². The molecule has 3 rings (SSSR count). The van der Waals surface area contributed by atoms with E-state index in [1.807, 2.05) is 30.3 Å². The van der Waals surface area contributed by atoms with Gasteiger partial charge in [0.15, 0.2) is 0 Å². The van der Waals surface area contributed by atoms with Gasteiger partial charge in [-0.05, 0) is 37.8 Å². The third kappa shape index (κ3) is 3.92. The largest absolute Gasteiger partial charge is 0.459 e. The van der Waals surface area contributed by atoms with Gasteiger partial charge in [0.05, 0.1) is 18.3 Å². The third-order valence-electron chi connectivity index (χ3n) is 3.93. The van der Waals surface area contributed by atoms with E-state index in [1.165, 1.54) is 6.92 Å². The van der Waals surface area contributed by atoms with Crippen molar-refractivity contribution >= 4 is 26.9 Å². The predicted molar refractivity (Wildman–Crippen MR) is 87.3 cm³/mol. The van der Waals surface area contributed by atoms with E-state index in [0.717, 1.165) is 30.1 Å². The molecule has 1 aromatic carbocycles. The maximum absolute atomic E-state index is 12.3. The molecule has 0 bridgehead atoms. The Balaban J connectivity index is 1.78.